The van der Waals surface area contributed by atoms with E-state index in [1.54, 1.807) is 0 Å². The second-order valence-corrected chi connectivity index (χ2v) is 5.81. The van der Waals surface area contributed by atoms with Crippen LogP contribution in [0.15, 0.2) is 30.6 Å². The van der Waals surface area contributed by atoms with Gasteiger partial charge in [0.2, 0.25) is 5.91 Å². The van der Waals surface area contributed by atoms with Crippen LogP contribution in [0.3, 0.4) is 0 Å². The van der Waals surface area contributed by atoms with Gasteiger partial charge in [-0.25, -0.2) is 4.98 Å². The molecule has 0 radical (unpaired) electrons. The molecule has 3 N–H and O–H groups in total. The number of amides is 1. The Morgan fingerprint density at radius 3 is 2.91 bits per heavy atom. The third kappa shape index (κ3) is 3.87. The van der Waals surface area contributed by atoms with E-state index in [1.165, 1.54) is 0 Å². The van der Waals surface area contributed by atoms with Gasteiger partial charge in [-0.3, -0.25) is 4.79 Å². The maximum atomic E-state index is 12.0. The molecule has 0 saturated carbocycles. The monoisotopic (exact) mass is 300 g/mol. The van der Waals surface area contributed by atoms with Crippen LogP contribution in [0.2, 0.25) is 0 Å². The highest BCUT2D eigenvalue weighted by Crippen LogP contribution is 2.20. The van der Waals surface area contributed by atoms with E-state index in [0.717, 1.165) is 30.0 Å². The summed E-state index contributed by atoms with van der Waals surface area (Å²) in [5.41, 5.74) is 8.23. The Kier molecular flexibility index (Phi) is 5.20. The number of nitrogens with zero attached hydrogens (tertiary/aromatic N) is 2. The van der Waals surface area contributed by atoms with Crippen LogP contribution in [-0.4, -0.2) is 15.5 Å². The van der Waals surface area contributed by atoms with Gasteiger partial charge < -0.3 is 15.6 Å². The summed E-state index contributed by atoms with van der Waals surface area (Å²) in [6.07, 6.45) is 5.04. The molecule has 0 fully saturated rings. The minimum absolute atomic E-state index is 0.0138. The Hall–Kier alpha value is -2.30. The average Bonchev–Trinajstić information content (AvgIpc) is 2.92. The van der Waals surface area contributed by atoms with Crippen LogP contribution >= 0.6 is 0 Å². The Bertz CT molecular complexity index is 646. The first-order valence-corrected chi connectivity index (χ1v) is 7.65. The molecule has 5 nitrogen and oxygen atoms in total. The van der Waals surface area contributed by atoms with Crippen molar-refractivity contribution in [2.45, 2.75) is 46.1 Å². The quantitative estimate of drug-likeness (QED) is 0.804. The normalized spacial score (nSPS) is 10.9. The molecule has 0 spiro atoms. The second-order valence-electron chi connectivity index (χ2n) is 5.81. The van der Waals surface area contributed by atoms with Crippen molar-refractivity contribution < 1.29 is 4.79 Å². The van der Waals surface area contributed by atoms with E-state index in [1.807, 2.05) is 37.5 Å². The van der Waals surface area contributed by atoms with Crippen molar-refractivity contribution in [3.63, 3.8) is 0 Å². The number of carbonyl (C=O) groups is 1. The lowest BCUT2D eigenvalue weighted by Crippen LogP contribution is -2.14. The summed E-state index contributed by atoms with van der Waals surface area (Å²) in [5.74, 6) is 1.46. The number of carbonyl (C=O) groups excluding carboxylic acids is 1. The topological polar surface area (TPSA) is 72.9 Å². The lowest BCUT2D eigenvalue weighted by molar-refractivity contribution is -0.116. The molecular formula is C17H24N4O. The van der Waals surface area contributed by atoms with Gasteiger partial charge in [-0.2, -0.15) is 0 Å². The highest BCUT2D eigenvalue weighted by molar-refractivity contribution is 5.92. The van der Waals surface area contributed by atoms with Crippen molar-refractivity contribution >= 4 is 17.3 Å². The summed E-state index contributed by atoms with van der Waals surface area (Å²) < 4.78 is 2.11. The number of imidazole rings is 1. The fourth-order valence-corrected chi connectivity index (χ4v) is 2.42. The van der Waals surface area contributed by atoms with E-state index >= 15 is 0 Å². The Balaban J connectivity index is 1.86. The zero-order valence-electron chi connectivity index (χ0n) is 13.5. The second kappa shape index (κ2) is 7.11. The maximum absolute atomic E-state index is 12.0. The van der Waals surface area contributed by atoms with Crippen LogP contribution < -0.4 is 11.1 Å². The molecule has 2 rings (SSSR count). The molecule has 0 aliphatic rings. The number of benzene rings is 1. The average molecular weight is 300 g/mol. The van der Waals surface area contributed by atoms with Crippen molar-refractivity contribution in [1.29, 1.82) is 0 Å². The molecule has 1 amide bonds. The Morgan fingerprint density at radius 1 is 1.41 bits per heavy atom. The van der Waals surface area contributed by atoms with E-state index in [0.29, 0.717) is 18.0 Å². The summed E-state index contributed by atoms with van der Waals surface area (Å²) in [5, 5.41) is 2.92. The molecular weight excluding hydrogens is 276 g/mol. The van der Waals surface area contributed by atoms with E-state index in [9.17, 15) is 4.79 Å². The molecule has 1 aromatic heterocycles. The number of nitrogens with one attached hydrogen (secondary N) is 1. The Morgan fingerprint density at radius 2 is 2.18 bits per heavy atom. The predicted molar refractivity (Wildman–Crippen MR) is 89.8 cm³/mol. The number of nitrogen functional groups attached to an aromatic ring is 1. The summed E-state index contributed by atoms with van der Waals surface area (Å²) in [7, 11) is 0. The lowest BCUT2D eigenvalue weighted by Gasteiger charge is -2.12. The third-order valence-corrected chi connectivity index (χ3v) is 3.72. The molecule has 1 heterocycles. The molecule has 22 heavy (non-hydrogen) atoms. The number of anilines is 2. The smallest absolute Gasteiger partial charge is 0.224 e. The molecule has 5 heteroatoms. The van der Waals surface area contributed by atoms with Crippen LogP contribution in [-0.2, 0) is 11.3 Å². The number of rotatable bonds is 6. The number of hydrogen-bond acceptors (Lipinski definition) is 3. The number of aryl methyl sites for hydroxylation is 1. The van der Waals surface area contributed by atoms with Gasteiger partial charge in [-0.15, -0.1) is 0 Å². The first kappa shape index (κ1) is 16.1. The van der Waals surface area contributed by atoms with Gasteiger partial charge in [0.05, 0.1) is 0 Å². The fraction of sp³-hybridized carbons (Fsp3) is 0.412. The van der Waals surface area contributed by atoms with Gasteiger partial charge in [0.1, 0.15) is 5.82 Å². The van der Waals surface area contributed by atoms with Gasteiger partial charge in [0, 0.05) is 42.7 Å². The van der Waals surface area contributed by atoms with Gasteiger partial charge in [-0.05, 0) is 31.0 Å². The predicted octanol–water partition coefficient (Wildman–Crippen LogP) is 3.32. The molecule has 2 aromatic rings. The largest absolute Gasteiger partial charge is 0.398 e. The molecule has 0 bridgehead atoms. The van der Waals surface area contributed by atoms with Crippen molar-refractivity contribution in [1.82, 2.24) is 9.55 Å². The number of nitrogens with two attached hydrogens (primary N) is 1. The zero-order chi connectivity index (χ0) is 16.1. The van der Waals surface area contributed by atoms with E-state index in [-0.39, 0.29) is 5.91 Å². The molecule has 0 aliphatic heterocycles. The van der Waals surface area contributed by atoms with Gasteiger partial charge in [-0.1, -0.05) is 19.9 Å². The first-order valence-electron chi connectivity index (χ1n) is 7.65. The minimum atomic E-state index is 0.0138. The summed E-state index contributed by atoms with van der Waals surface area (Å²) >= 11 is 0. The molecule has 1 aromatic carbocycles. The van der Waals surface area contributed by atoms with Crippen LogP contribution in [0.4, 0.5) is 11.4 Å². The van der Waals surface area contributed by atoms with E-state index in [2.05, 4.69) is 28.7 Å². The first-order chi connectivity index (χ1) is 10.5. The summed E-state index contributed by atoms with van der Waals surface area (Å²) in [6.45, 7) is 6.95. The van der Waals surface area contributed by atoms with Gasteiger partial charge >= 0.3 is 0 Å². The van der Waals surface area contributed by atoms with Crippen LogP contribution in [0.25, 0.3) is 0 Å². The number of hydrogen-bond donors (Lipinski definition) is 2. The van der Waals surface area contributed by atoms with Crippen molar-refractivity contribution in [2.24, 2.45) is 0 Å². The van der Waals surface area contributed by atoms with E-state index < -0.39 is 0 Å². The minimum Gasteiger partial charge on any atom is -0.398 e. The number of aromatic nitrogens is 2. The Labute approximate surface area is 131 Å². The summed E-state index contributed by atoms with van der Waals surface area (Å²) in [6, 6.07) is 5.55. The fourth-order valence-electron chi connectivity index (χ4n) is 2.42. The van der Waals surface area contributed by atoms with Crippen molar-refractivity contribution in [3.05, 3.63) is 42.0 Å². The standard InChI is InChI=1S/C17H24N4O/c1-12(2)17-19-9-11-21(17)10-5-8-16(22)20-15-7-4-6-14(18)13(15)3/h4,6-7,9,11-12H,5,8,10,18H2,1-3H3,(H,20,22). The van der Waals surface area contributed by atoms with Crippen LogP contribution in [0, 0.1) is 6.92 Å². The SMILES string of the molecule is Cc1c(N)cccc1NC(=O)CCCn1ccnc1C(C)C. The van der Waals surface area contributed by atoms with Crippen LogP contribution in [0.1, 0.15) is 44.0 Å². The molecule has 0 atom stereocenters. The molecule has 0 aliphatic carbocycles. The molecule has 0 saturated heterocycles. The van der Waals surface area contributed by atoms with E-state index in [4.69, 9.17) is 5.73 Å². The van der Waals surface area contributed by atoms with Crippen molar-refractivity contribution in [2.75, 3.05) is 11.1 Å². The highest BCUT2D eigenvalue weighted by Gasteiger charge is 2.09. The van der Waals surface area contributed by atoms with Crippen molar-refractivity contribution in [3.8, 4) is 0 Å². The molecule has 118 valence electrons. The molecule has 0 unspecified atom stereocenters. The lowest BCUT2D eigenvalue weighted by atomic mass is 10.1. The van der Waals surface area contributed by atoms with Crippen LogP contribution in [0.5, 0.6) is 0 Å². The van der Waals surface area contributed by atoms with Gasteiger partial charge in [0.25, 0.3) is 0 Å². The highest BCUT2D eigenvalue weighted by atomic mass is 16.1. The zero-order valence-corrected chi connectivity index (χ0v) is 13.5. The third-order valence-electron chi connectivity index (χ3n) is 3.72. The van der Waals surface area contributed by atoms with Gasteiger partial charge in [0.15, 0.2) is 0 Å². The maximum Gasteiger partial charge on any atom is 0.224 e. The summed E-state index contributed by atoms with van der Waals surface area (Å²) in [4.78, 5) is 16.4.